The number of hydrogen-bond acceptors (Lipinski definition) is 5. The molecule has 2 aromatic carbocycles. The molecule has 1 aliphatic rings. The van der Waals surface area contributed by atoms with Gasteiger partial charge in [-0.05, 0) is 66.6 Å². The number of benzene rings is 2. The molecule has 2 heterocycles. The Balaban J connectivity index is 1.31. The van der Waals surface area contributed by atoms with E-state index in [4.69, 9.17) is 38.0 Å². The first kappa shape index (κ1) is 22.2. The Hall–Kier alpha value is -2.02. The number of fused-ring (bicyclic) bond motifs is 1. The topological polar surface area (TPSA) is 62.7 Å². The quantitative estimate of drug-likeness (QED) is 0.431. The average Bonchev–Trinajstić information content (AvgIpc) is 3.10. The van der Waals surface area contributed by atoms with Crippen molar-refractivity contribution >= 4 is 55.9 Å². The number of carbonyl (C=O) groups is 1. The van der Waals surface area contributed by atoms with Crippen molar-refractivity contribution in [3.05, 3.63) is 52.0 Å². The molecule has 1 N–H and O–H groups in total. The molecular weight excluding hydrogens is 455 g/mol. The largest absolute Gasteiger partial charge is 0.494 e. The second kappa shape index (κ2) is 9.23. The highest BCUT2D eigenvalue weighted by molar-refractivity contribution is 7.22. The molecule has 1 saturated heterocycles. The smallest absolute Gasteiger partial charge is 0.307 e. The fraction of sp³-hybridized carbons (Fsp3) is 0.391. The number of aromatic nitrogens is 1. The average molecular weight is 479 g/mol. The number of rotatable bonds is 7. The van der Waals surface area contributed by atoms with Crippen LogP contribution in [0.3, 0.4) is 0 Å². The van der Waals surface area contributed by atoms with Gasteiger partial charge in [0, 0.05) is 23.1 Å². The Morgan fingerprint density at radius 3 is 2.71 bits per heavy atom. The lowest BCUT2D eigenvalue weighted by Gasteiger charge is -2.39. The maximum Gasteiger partial charge on any atom is 0.307 e. The molecule has 0 aliphatic carbocycles. The maximum atomic E-state index is 11.0. The molecule has 8 heteroatoms. The normalized spacial score (nSPS) is 15.9. The summed E-state index contributed by atoms with van der Waals surface area (Å²) in [5, 5.41) is 11.3. The molecule has 1 fully saturated rings. The van der Waals surface area contributed by atoms with Crippen LogP contribution in [-0.2, 0) is 11.2 Å². The zero-order valence-corrected chi connectivity index (χ0v) is 19.6. The van der Waals surface area contributed by atoms with Crippen LogP contribution in [-0.4, -0.2) is 35.8 Å². The summed E-state index contributed by atoms with van der Waals surface area (Å²) >= 11 is 13.9. The van der Waals surface area contributed by atoms with E-state index < -0.39 is 5.97 Å². The van der Waals surface area contributed by atoms with Gasteiger partial charge in [0.25, 0.3) is 0 Å². The number of thiazole rings is 1. The zero-order chi connectivity index (χ0) is 22.0. The van der Waals surface area contributed by atoms with Gasteiger partial charge in [-0.15, -0.1) is 0 Å². The third kappa shape index (κ3) is 5.62. The zero-order valence-electron chi connectivity index (χ0n) is 17.2. The molecule has 1 aromatic heterocycles. The van der Waals surface area contributed by atoms with Gasteiger partial charge in [0.05, 0.1) is 23.2 Å². The van der Waals surface area contributed by atoms with Crippen LogP contribution < -0.4 is 9.64 Å². The van der Waals surface area contributed by atoms with Crippen molar-refractivity contribution in [3.8, 4) is 5.75 Å². The van der Waals surface area contributed by atoms with E-state index in [1.807, 2.05) is 18.2 Å². The van der Waals surface area contributed by atoms with Crippen molar-refractivity contribution in [2.75, 3.05) is 24.6 Å². The highest BCUT2D eigenvalue weighted by Gasteiger charge is 2.31. The lowest BCUT2D eigenvalue weighted by Crippen LogP contribution is -2.39. The molecular formula is C23H24Cl2N2O3S. The minimum Gasteiger partial charge on any atom is -0.494 e. The van der Waals surface area contributed by atoms with Crippen molar-refractivity contribution in [1.82, 2.24) is 4.98 Å². The van der Waals surface area contributed by atoms with Crippen LogP contribution in [0.4, 0.5) is 5.13 Å². The molecule has 0 bridgehead atoms. The number of halogens is 2. The summed E-state index contributed by atoms with van der Waals surface area (Å²) in [6.07, 6.45) is 2.99. The first-order valence-corrected chi connectivity index (χ1v) is 11.8. The van der Waals surface area contributed by atoms with Crippen LogP contribution in [0.5, 0.6) is 5.75 Å². The summed E-state index contributed by atoms with van der Waals surface area (Å²) in [5.74, 6) is -0.262. The Bertz CT molecular complexity index is 1090. The van der Waals surface area contributed by atoms with Gasteiger partial charge in [-0.1, -0.05) is 41.5 Å². The number of hydrogen-bond donors (Lipinski definition) is 1. The van der Waals surface area contributed by atoms with Gasteiger partial charge in [0.15, 0.2) is 5.13 Å². The standard InChI is InChI=1S/C23H24Cl2N2O3S/c1-23(6-9-30-18-11-15(12-21(28)29)10-17(25)13-18)4-7-27(8-5-23)22-26-19-3-2-16(24)14-20(19)31-22/h2-3,10-11,13-14H,4-9,12H2,1H3,(H,28,29). The number of ether oxygens (including phenoxy) is 1. The summed E-state index contributed by atoms with van der Waals surface area (Å²) in [7, 11) is 0. The number of carboxylic acids is 1. The van der Waals surface area contributed by atoms with Gasteiger partial charge in [-0.2, -0.15) is 0 Å². The fourth-order valence-electron chi connectivity index (χ4n) is 3.91. The van der Waals surface area contributed by atoms with Crippen LogP contribution in [0.25, 0.3) is 10.2 Å². The van der Waals surface area contributed by atoms with E-state index in [0.717, 1.165) is 52.7 Å². The van der Waals surface area contributed by atoms with Gasteiger partial charge < -0.3 is 14.7 Å². The minimum absolute atomic E-state index is 0.0670. The van der Waals surface area contributed by atoms with Crippen molar-refractivity contribution in [3.63, 3.8) is 0 Å². The molecule has 31 heavy (non-hydrogen) atoms. The molecule has 0 amide bonds. The molecule has 0 spiro atoms. The van der Waals surface area contributed by atoms with Crippen molar-refractivity contribution < 1.29 is 14.6 Å². The van der Waals surface area contributed by atoms with Crippen LogP contribution in [0.1, 0.15) is 31.7 Å². The van der Waals surface area contributed by atoms with Crippen molar-refractivity contribution in [2.45, 2.75) is 32.6 Å². The van der Waals surface area contributed by atoms with E-state index in [1.54, 1.807) is 29.5 Å². The molecule has 0 saturated carbocycles. The summed E-state index contributed by atoms with van der Waals surface area (Å²) in [6.45, 7) is 4.80. The molecule has 5 nitrogen and oxygen atoms in total. The van der Waals surface area contributed by atoms with E-state index >= 15 is 0 Å². The molecule has 0 atom stereocenters. The summed E-state index contributed by atoms with van der Waals surface area (Å²) in [4.78, 5) is 18.1. The monoisotopic (exact) mass is 478 g/mol. The van der Waals surface area contributed by atoms with E-state index in [0.29, 0.717) is 22.9 Å². The summed E-state index contributed by atoms with van der Waals surface area (Å²) in [5.41, 5.74) is 1.83. The predicted octanol–water partition coefficient (Wildman–Crippen LogP) is 6.31. The van der Waals surface area contributed by atoms with Crippen LogP contribution in [0.15, 0.2) is 36.4 Å². The Labute approximate surface area is 195 Å². The number of anilines is 1. The maximum absolute atomic E-state index is 11.0. The molecule has 1 aliphatic heterocycles. The highest BCUT2D eigenvalue weighted by atomic mass is 35.5. The molecule has 3 aromatic rings. The number of piperidine rings is 1. The van der Waals surface area contributed by atoms with Gasteiger partial charge >= 0.3 is 5.97 Å². The van der Waals surface area contributed by atoms with Gasteiger partial charge in [-0.3, -0.25) is 4.79 Å². The molecule has 4 rings (SSSR count). The third-order valence-electron chi connectivity index (χ3n) is 5.84. The molecule has 0 unspecified atom stereocenters. The first-order chi connectivity index (χ1) is 14.8. The van der Waals surface area contributed by atoms with Crippen LogP contribution in [0, 0.1) is 5.41 Å². The predicted molar refractivity (Wildman–Crippen MR) is 127 cm³/mol. The number of nitrogens with zero attached hydrogens (tertiary/aromatic N) is 2. The summed E-state index contributed by atoms with van der Waals surface area (Å²) < 4.78 is 7.04. The fourth-order valence-corrected chi connectivity index (χ4v) is 5.45. The van der Waals surface area contributed by atoms with Crippen LogP contribution >= 0.6 is 34.5 Å². The molecule has 164 valence electrons. The summed E-state index contributed by atoms with van der Waals surface area (Å²) in [6, 6.07) is 11.0. The van der Waals surface area contributed by atoms with Crippen molar-refractivity contribution in [1.29, 1.82) is 0 Å². The SMILES string of the molecule is CC1(CCOc2cc(Cl)cc(CC(=O)O)c2)CCN(c2nc3ccc(Cl)cc3s2)CC1. The number of aliphatic carboxylic acids is 1. The van der Waals surface area contributed by atoms with Gasteiger partial charge in [0.1, 0.15) is 5.75 Å². The molecule has 0 radical (unpaired) electrons. The van der Waals surface area contributed by atoms with E-state index in [2.05, 4.69) is 11.8 Å². The van der Waals surface area contributed by atoms with Gasteiger partial charge in [0.2, 0.25) is 0 Å². The van der Waals surface area contributed by atoms with E-state index in [-0.39, 0.29) is 11.8 Å². The lowest BCUT2D eigenvalue weighted by molar-refractivity contribution is -0.136. The van der Waals surface area contributed by atoms with E-state index in [9.17, 15) is 4.79 Å². The Morgan fingerprint density at radius 2 is 1.97 bits per heavy atom. The second-order valence-corrected chi connectivity index (χ2v) is 10.3. The highest BCUT2D eigenvalue weighted by Crippen LogP contribution is 2.38. The minimum atomic E-state index is -0.885. The number of carboxylic acid groups (broad SMARTS) is 1. The van der Waals surface area contributed by atoms with Crippen molar-refractivity contribution in [2.24, 2.45) is 5.41 Å². The van der Waals surface area contributed by atoms with E-state index in [1.165, 1.54) is 0 Å². The van der Waals surface area contributed by atoms with Crippen LogP contribution in [0.2, 0.25) is 10.0 Å². The first-order valence-electron chi connectivity index (χ1n) is 10.2. The second-order valence-electron chi connectivity index (χ2n) is 8.37. The Morgan fingerprint density at radius 1 is 1.19 bits per heavy atom. The Kier molecular flexibility index (Phi) is 6.60. The van der Waals surface area contributed by atoms with Gasteiger partial charge in [-0.25, -0.2) is 4.98 Å². The lowest BCUT2D eigenvalue weighted by atomic mass is 9.78. The third-order valence-corrected chi connectivity index (χ3v) is 7.37.